The summed E-state index contributed by atoms with van der Waals surface area (Å²) >= 11 is 0. The molecule has 1 aliphatic rings. The number of Topliss-reactive ketones (excluding diaryl/α,β-unsaturated/α-hetero) is 1. The van der Waals surface area contributed by atoms with E-state index in [0.29, 0.717) is 12.2 Å². The van der Waals surface area contributed by atoms with E-state index < -0.39 is 5.41 Å². The first-order valence-corrected chi connectivity index (χ1v) is 11.4. The fraction of sp³-hybridized carbons (Fsp3) is 0.167. The highest BCUT2D eigenvalue weighted by atomic mass is 16.1. The van der Waals surface area contributed by atoms with E-state index in [1.807, 2.05) is 18.3 Å². The SMILES string of the molecule is CCC1([CH]c2ccc3ncccc3c2)C(=O)CCc2c1ccc1c2ccc2ccccc21. The molecule has 155 valence electrons. The summed E-state index contributed by atoms with van der Waals surface area (Å²) in [4.78, 5) is 17.9. The maximum absolute atomic E-state index is 13.5. The second kappa shape index (κ2) is 7.27. The molecule has 0 fully saturated rings. The molecular formula is C30H24NO. The molecule has 0 aliphatic heterocycles. The molecule has 0 bridgehead atoms. The molecule has 6 rings (SSSR count). The van der Waals surface area contributed by atoms with Crippen molar-refractivity contribution in [2.45, 2.75) is 31.6 Å². The number of pyridine rings is 1. The summed E-state index contributed by atoms with van der Waals surface area (Å²) in [5, 5.41) is 6.18. The van der Waals surface area contributed by atoms with Crippen LogP contribution in [0.2, 0.25) is 0 Å². The van der Waals surface area contributed by atoms with E-state index in [-0.39, 0.29) is 0 Å². The summed E-state index contributed by atoms with van der Waals surface area (Å²) in [5.41, 5.74) is 3.96. The van der Waals surface area contributed by atoms with Gasteiger partial charge in [-0.1, -0.05) is 67.6 Å². The third-order valence-corrected chi connectivity index (χ3v) is 7.22. The van der Waals surface area contributed by atoms with Gasteiger partial charge in [-0.05, 0) is 69.3 Å². The van der Waals surface area contributed by atoms with Crippen LogP contribution in [0.15, 0.2) is 85.1 Å². The lowest BCUT2D eigenvalue weighted by molar-refractivity contribution is -0.124. The first kappa shape index (κ1) is 19.2. The monoisotopic (exact) mass is 414 g/mol. The third-order valence-electron chi connectivity index (χ3n) is 7.22. The van der Waals surface area contributed by atoms with Crippen molar-refractivity contribution < 1.29 is 4.79 Å². The Hall–Kier alpha value is -3.52. The number of carbonyl (C=O) groups excluding carboxylic acids is 1. The Morgan fingerprint density at radius 2 is 1.69 bits per heavy atom. The second-order valence-electron chi connectivity index (χ2n) is 8.82. The molecule has 32 heavy (non-hydrogen) atoms. The highest BCUT2D eigenvalue weighted by Gasteiger charge is 2.43. The van der Waals surface area contributed by atoms with Crippen LogP contribution in [-0.2, 0) is 16.6 Å². The van der Waals surface area contributed by atoms with E-state index in [1.54, 1.807) is 0 Å². The molecule has 1 unspecified atom stereocenters. The molecule has 0 saturated carbocycles. The van der Waals surface area contributed by atoms with E-state index in [0.717, 1.165) is 29.3 Å². The molecule has 0 saturated heterocycles. The van der Waals surface area contributed by atoms with Crippen molar-refractivity contribution in [3.05, 3.63) is 108 Å². The van der Waals surface area contributed by atoms with Gasteiger partial charge in [-0.25, -0.2) is 0 Å². The van der Waals surface area contributed by atoms with Gasteiger partial charge in [-0.3, -0.25) is 9.78 Å². The summed E-state index contributed by atoms with van der Waals surface area (Å²) in [6.45, 7) is 2.14. The van der Waals surface area contributed by atoms with E-state index in [1.165, 1.54) is 32.7 Å². The number of aromatic nitrogens is 1. The number of hydrogen-bond donors (Lipinski definition) is 0. The third kappa shape index (κ3) is 2.79. The summed E-state index contributed by atoms with van der Waals surface area (Å²) in [6.07, 6.45) is 6.16. The average Bonchev–Trinajstić information content (AvgIpc) is 2.85. The minimum absolute atomic E-state index is 0.318. The zero-order valence-corrected chi connectivity index (χ0v) is 18.1. The van der Waals surface area contributed by atoms with Crippen LogP contribution in [0.4, 0.5) is 0 Å². The largest absolute Gasteiger partial charge is 0.299 e. The number of hydrogen-bond acceptors (Lipinski definition) is 2. The maximum Gasteiger partial charge on any atom is 0.144 e. The van der Waals surface area contributed by atoms with Gasteiger partial charge in [-0.2, -0.15) is 0 Å². The molecule has 0 amide bonds. The van der Waals surface area contributed by atoms with E-state index in [9.17, 15) is 4.79 Å². The quantitative estimate of drug-likeness (QED) is 0.299. The second-order valence-corrected chi connectivity index (χ2v) is 8.82. The van der Waals surface area contributed by atoms with Crippen molar-refractivity contribution >= 4 is 38.2 Å². The van der Waals surface area contributed by atoms with Crippen molar-refractivity contribution in [3.8, 4) is 0 Å². The number of benzene rings is 4. The van der Waals surface area contributed by atoms with E-state index in [2.05, 4.69) is 85.1 Å². The van der Waals surface area contributed by atoms with Gasteiger partial charge in [0.15, 0.2) is 0 Å². The minimum atomic E-state index is -0.594. The van der Waals surface area contributed by atoms with Crippen LogP contribution in [0, 0.1) is 6.42 Å². The lowest BCUT2D eigenvalue weighted by Gasteiger charge is -2.38. The number of ketones is 1. The molecule has 2 heteroatoms. The van der Waals surface area contributed by atoms with Gasteiger partial charge in [0.25, 0.3) is 0 Å². The lowest BCUT2D eigenvalue weighted by Crippen LogP contribution is -2.40. The normalized spacial score (nSPS) is 18.3. The van der Waals surface area contributed by atoms with Crippen molar-refractivity contribution in [3.63, 3.8) is 0 Å². The summed E-state index contributed by atoms with van der Waals surface area (Å²) in [5.74, 6) is 0.318. The van der Waals surface area contributed by atoms with Crippen molar-refractivity contribution in [1.29, 1.82) is 0 Å². The zero-order valence-electron chi connectivity index (χ0n) is 18.1. The zero-order chi connectivity index (χ0) is 21.7. The average molecular weight is 415 g/mol. The molecule has 0 spiro atoms. The van der Waals surface area contributed by atoms with Crippen LogP contribution in [-0.4, -0.2) is 10.8 Å². The molecule has 0 N–H and O–H groups in total. The molecule has 1 atom stereocenters. The van der Waals surface area contributed by atoms with Crippen molar-refractivity contribution in [2.24, 2.45) is 0 Å². The molecular weight excluding hydrogens is 390 g/mol. The Balaban J connectivity index is 1.54. The number of aryl methyl sites for hydroxylation is 1. The molecule has 5 aromatic rings. The number of carbonyl (C=O) groups is 1. The molecule has 1 radical (unpaired) electrons. The smallest absolute Gasteiger partial charge is 0.144 e. The van der Waals surface area contributed by atoms with Crippen LogP contribution in [0.1, 0.15) is 36.5 Å². The summed E-state index contributed by atoms with van der Waals surface area (Å²) in [7, 11) is 0. The van der Waals surface area contributed by atoms with Gasteiger partial charge in [0.05, 0.1) is 10.9 Å². The maximum atomic E-state index is 13.5. The topological polar surface area (TPSA) is 30.0 Å². The predicted octanol–water partition coefficient (Wildman–Crippen LogP) is 6.96. The minimum Gasteiger partial charge on any atom is -0.299 e. The summed E-state index contributed by atoms with van der Waals surface area (Å²) in [6, 6.07) is 27.7. The number of nitrogens with zero attached hydrogens (tertiary/aromatic N) is 1. The van der Waals surface area contributed by atoms with Gasteiger partial charge in [0, 0.05) is 24.4 Å². The Kier molecular flexibility index (Phi) is 4.36. The van der Waals surface area contributed by atoms with Crippen LogP contribution in [0.5, 0.6) is 0 Å². The highest BCUT2D eigenvalue weighted by Crippen LogP contribution is 2.44. The molecule has 4 aromatic carbocycles. The van der Waals surface area contributed by atoms with Gasteiger partial charge < -0.3 is 0 Å². The first-order valence-electron chi connectivity index (χ1n) is 11.4. The van der Waals surface area contributed by atoms with Crippen LogP contribution >= 0.6 is 0 Å². The van der Waals surface area contributed by atoms with Gasteiger partial charge >= 0.3 is 0 Å². The van der Waals surface area contributed by atoms with Gasteiger partial charge in [0.1, 0.15) is 5.78 Å². The summed E-state index contributed by atoms with van der Waals surface area (Å²) < 4.78 is 0. The standard InChI is InChI=1S/C30H24NO/c1-2-30(19-20-9-15-28-22(18-20)7-5-17-31-28)27-14-12-24-23-8-4-3-6-21(23)10-11-25(24)26(27)13-16-29(30)32/h3-12,14-15,17-19H,2,13,16H2,1H3. The molecule has 1 aromatic heterocycles. The van der Waals surface area contributed by atoms with E-state index >= 15 is 0 Å². The predicted molar refractivity (Wildman–Crippen MR) is 132 cm³/mol. The molecule has 2 nitrogen and oxygen atoms in total. The first-order chi connectivity index (χ1) is 15.7. The lowest BCUT2D eigenvalue weighted by atomic mass is 9.63. The molecule has 1 heterocycles. The Bertz CT molecular complexity index is 1520. The fourth-order valence-corrected chi connectivity index (χ4v) is 5.57. The van der Waals surface area contributed by atoms with Gasteiger partial charge in [-0.15, -0.1) is 0 Å². The highest BCUT2D eigenvalue weighted by molar-refractivity contribution is 6.10. The Labute approximate surface area is 187 Å². The van der Waals surface area contributed by atoms with Crippen LogP contribution in [0.25, 0.3) is 32.4 Å². The van der Waals surface area contributed by atoms with Gasteiger partial charge in [0.2, 0.25) is 0 Å². The van der Waals surface area contributed by atoms with Crippen molar-refractivity contribution in [2.75, 3.05) is 0 Å². The Morgan fingerprint density at radius 3 is 2.59 bits per heavy atom. The fourth-order valence-electron chi connectivity index (χ4n) is 5.57. The van der Waals surface area contributed by atoms with E-state index in [4.69, 9.17) is 0 Å². The Morgan fingerprint density at radius 1 is 0.844 bits per heavy atom. The number of rotatable bonds is 3. The van der Waals surface area contributed by atoms with Crippen molar-refractivity contribution in [1.82, 2.24) is 4.98 Å². The van der Waals surface area contributed by atoms with Crippen LogP contribution in [0.3, 0.4) is 0 Å². The molecule has 1 aliphatic carbocycles. The number of fused-ring (bicyclic) bond motifs is 6. The van der Waals surface area contributed by atoms with Crippen LogP contribution < -0.4 is 0 Å².